The van der Waals surface area contributed by atoms with Crippen molar-refractivity contribution in [1.29, 1.82) is 0 Å². The molecule has 1 unspecified atom stereocenters. The quantitative estimate of drug-likeness (QED) is 0.805. The number of halogens is 2. The Kier molecular flexibility index (Phi) is 4.41. The van der Waals surface area contributed by atoms with Crippen molar-refractivity contribution in [3.8, 4) is 0 Å². The van der Waals surface area contributed by atoms with Crippen molar-refractivity contribution in [1.82, 2.24) is 0 Å². The molecular weight excluding hydrogens is 283 g/mol. The van der Waals surface area contributed by atoms with Crippen LogP contribution in [0.1, 0.15) is 27.2 Å². The highest BCUT2D eigenvalue weighted by atomic mass is 35.5. The van der Waals surface area contributed by atoms with Crippen molar-refractivity contribution in [2.24, 2.45) is 10.4 Å². The second-order valence-electron chi connectivity index (χ2n) is 5.70. The SMILES string of the molecule is CC(C)(C)C1CCSC(Nc2ccc(Cl)cc2F)=N1. The third kappa shape index (κ3) is 3.86. The molecule has 0 spiro atoms. The van der Waals surface area contributed by atoms with E-state index in [4.69, 9.17) is 11.6 Å². The highest BCUT2D eigenvalue weighted by molar-refractivity contribution is 8.14. The second kappa shape index (κ2) is 5.71. The molecule has 1 aliphatic rings. The lowest BCUT2D eigenvalue weighted by molar-refractivity contribution is 0.316. The van der Waals surface area contributed by atoms with E-state index in [0.717, 1.165) is 17.3 Å². The van der Waals surface area contributed by atoms with Gasteiger partial charge in [0.05, 0.1) is 11.7 Å². The van der Waals surface area contributed by atoms with Gasteiger partial charge in [-0.15, -0.1) is 0 Å². The van der Waals surface area contributed by atoms with Gasteiger partial charge in [0.2, 0.25) is 0 Å². The number of thioether (sulfide) groups is 1. The first kappa shape index (κ1) is 14.7. The van der Waals surface area contributed by atoms with Crippen molar-refractivity contribution in [3.05, 3.63) is 29.0 Å². The van der Waals surface area contributed by atoms with Gasteiger partial charge in [-0.2, -0.15) is 0 Å². The molecule has 1 aromatic carbocycles. The van der Waals surface area contributed by atoms with Gasteiger partial charge in [0.25, 0.3) is 0 Å². The minimum Gasteiger partial charge on any atom is -0.333 e. The predicted molar refractivity (Wildman–Crippen MR) is 82.8 cm³/mol. The zero-order valence-corrected chi connectivity index (χ0v) is 12.9. The summed E-state index contributed by atoms with van der Waals surface area (Å²) in [6.45, 7) is 6.53. The fourth-order valence-electron chi connectivity index (χ4n) is 1.91. The van der Waals surface area contributed by atoms with Crippen LogP contribution in [0.15, 0.2) is 23.2 Å². The Hall–Kier alpha value is -0.740. The minimum absolute atomic E-state index is 0.131. The normalized spacial score (nSPS) is 20.1. The lowest BCUT2D eigenvalue weighted by atomic mass is 9.85. The monoisotopic (exact) mass is 300 g/mol. The molecule has 1 aromatic rings. The molecule has 1 N–H and O–H groups in total. The van der Waals surface area contributed by atoms with E-state index >= 15 is 0 Å². The molecule has 0 saturated heterocycles. The summed E-state index contributed by atoms with van der Waals surface area (Å²) in [7, 11) is 0. The Labute approximate surface area is 122 Å². The van der Waals surface area contributed by atoms with E-state index in [1.807, 2.05) is 0 Å². The molecule has 2 nitrogen and oxygen atoms in total. The summed E-state index contributed by atoms with van der Waals surface area (Å²) in [6, 6.07) is 4.88. The largest absolute Gasteiger partial charge is 0.333 e. The molecule has 1 aliphatic heterocycles. The van der Waals surface area contributed by atoms with E-state index in [9.17, 15) is 4.39 Å². The van der Waals surface area contributed by atoms with Gasteiger partial charge in [0.1, 0.15) is 5.82 Å². The van der Waals surface area contributed by atoms with Crippen LogP contribution in [0.5, 0.6) is 0 Å². The van der Waals surface area contributed by atoms with E-state index < -0.39 is 0 Å². The Morgan fingerprint density at radius 2 is 2.16 bits per heavy atom. The first-order chi connectivity index (χ1) is 8.86. The Morgan fingerprint density at radius 1 is 1.42 bits per heavy atom. The molecule has 5 heteroatoms. The molecule has 0 amide bonds. The van der Waals surface area contributed by atoms with E-state index in [0.29, 0.717) is 10.7 Å². The van der Waals surface area contributed by atoms with Crippen molar-refractivity contribution < 1.29 is 4.39 Å². The number of nitrogens with one attached hydrogen (secondary N) is 1. The van der Waals surface area contributed by atoms with Gasteiger partial charge in [0, 0.05) is 10.8 Å². The molecule has 0 aliphatic carbocycles. The van der Waals surface area contributed by atoms with Crippen molar-refractivity contribution in [3.63, 3.8) is 0 Å². The van der Waals surface area contributed by atoms with Gasteiger partial charge < -0.3 is 5.32 Å². The van der Waals surface area contributed by atoms with Gasteiger partial charge in [-0.25, -0.2) is 4.39 Å². The number of aliphatic imine (C=N–C) groups is 1. The highest BCUT2D eigenvalue weighted by Crippen LogP contribution is 2.31. The number of amidine groups is 1. The standard InChI is InChI=1S/C14H18ClFN2S/c1-14(2,3)12-6-7-19-13(18-12)17-11-5-4-9(15)8-10(11)16/h4-5,8,12H,6-7H2,1-3H3,(H,17,18). The maximum absolute atomic E-state index is 13.7. The van der Waals surface area contributed by atoms with Crippen LogP contribution in [0.25, 0.3) is 0 Å². The lowest BCUT2D eigenvalue weighted by Gasteiger charge is -2.31. The number of anilines is 1. The van der Waals surface area contributed by atoms with Crippen LogP contribution in [0, 0.1) is 11.2 Å². The van der Waals surface area contributed by atoms with E-state index in [1.165, 1.54) is 6.07 Å². The van der Waals surface area contributed by atoms with Crippen molar-refractivity contribution in [2.45, 2.75) is 33.2 Å². The fourth-order valence-corrected chi connectivity index (χ4v) is 2.99. The molecule has 0 aromatic heterocycles. The number of hydrogen-bond acceptors (Lipinski definition) is 3. The molecule has 19 heavy (non-hydrogen) atoms. The summed E-state index contributed by atoms with van der Waals surface area (Å²) in [4.78, 5) is 4.68. The first-order valence-corrected chi connectivity index (χ1v) is 7.65. The van der Waals surface area contributed by atoms with Gasteiger partial charge in [-0.3, -0.25) is 4.99 Å². The van der Waals surface area contributed by atoms with Gasteiger partial charge >= 0.3 is 0 Å². The second-order valence-corrected chi connectivity index (χ2v) is 7.22. The summed E-state index contributed by atoms with van der Waals surface area (Å²) in [6.07, 6.45) is 1.06. The van der Waals surface area contributed by atoms with Crippen LogP contribution in [0.2, 0.25) is 5.02 Å². The predicted octanol–water partition coefficient (Wildman–Crippen LogP) is 4.80. The van der Waals surface area contributed by atoms with Gasteiger partial charge in [-0.05, 0) is 30.0 Å². The fraction of sp³-hybridized carbons (Fsp3) is 0.500. The van der Waals surface area contributed by atoms with Crippen LogP contribution >= 0.6 is 23.4 Å². The summed E-state index contributed by atoms with van der Waals surface area (Å²) < 4.78 is 13.7. The van der Waals surface area contributed by atoms with E-state index in [2.05, 4.69) is 31.1 Å². The van der Waals surface area contributed by atoms with Crippen molar-refractivity contribution in [2.75, 3.05) is 11.1 Å². The van der Waals surface area contributed by atoms with Crippen LogP contribution in [0.4, 0.5) is 10.1 Å². The molecule has 0 bridgehead atoms. The first-order valence-electron chi connectivity index (χ1n) is 6.29. The molecule has 0 radical (unpaired) electrons. The van der Waals surface area contributed by atoms with Crippen LogP contribution in [-0.4, -0.2) is 17.0 Å². The van der Waals surface area contributed by atoms with Crippen LogP contribution < -0.4 is 5.32 Å². The molecule has 0 saturated carbocycles. The Balaban J connectivity index is 2.16. The third-order valence-corrected chi connectivity index (χ3v) is 4.23. The van der Waals surface area contributed by atoms with Gasteiger partial charge in [0.15, 0.2) is 5.17 Å². The number of nitrogens with zero attached hydrogens (tertiary/aromatic N) is 1. The number of rotatable bonds is 1. The lowest BCUT2D eigenvalue weighted by Crippen LogP contribution is -2.30. The molecule has 1 heterocycles. The topological polar surface area (TPSA) is 24.4 Å². The molecular formula is C14H18ClFN2S. The number of hydrogen-bond donors (Lipinski definition) is 1. The summed E-state index contributed by atoms with van der Waals surface area (Å²) >= 11 is 7.37. The molecule has 2 rings (SSSR count). The summed E-state index contributed by atoms with van der Waals surface area (Å²) in [5.74, 6) is 0.650. The summed E-state index contributed by atoms with van der Waals surface area (Å²) in [5, 5.41) is 4.24. The smallest absolute Gasteiger partial charge is 0.161 e. The summed E-state index contributed by atoms with van der Waals surface area (Å²) in [5.41, 5.74) is 0.553. The average Bonchev–Trinajstić information content (AvgIpc) is 2.32. The minimum atomic E-state index is -0.353. The van der Waals surface area contributed by atoms with Gasteiger partial charge in [-0.1, -0.05) is 44.1 Å². The average molecular weight is 301 g/mol. The highest BCUT2D eigenvalue weighted by Gasteiger charge is 2.27. The van der Waals surface area contributed by atoms with E-state index in [1.54, 1.807) is 23.9 Å². The maximum atomic E-state index is 13.7. The van der Waals surface area contributed by atoms with Crippen LogP contribution in [0.3, 0.4) is 0 Å². The van der Waals surface area contributed by atoms with E-state index in [-0.39, 0.29) is 17.3 Å². The molecule has 1 atom stereocenters. The maximum Gasteiger partial charge on any atom is 0.161 e. The molecule has 104 valence electrons. The number of benzene rings is 1. The zero-order chi connectivity index (χ0) is 14.0. The van der Waals surface area contributed by atoms with Crippen LogP contribution in [-0.2, 0) is 0 Å². The third-order valence-electron chi connectivity index (χ3n) is 3.08. The Morgan fingerprint density at radius 3 is 2.79 bits per heavy atom. The molecule has 0 fully saturated rings. The zero-order valence-electron chi connectivity index (χ0n) is 11.3. The van der Waals surface area contributed by atoms with Crippen molar-refractivity contribution >= 4 is 34.2 Å². The Bertz CT molecular complexity index is 497.